The number of anilines is 2. The van der Waals surface area contributed by atoms with Crippen molar-refractivity contribution in [3.8, 4) is 0 Å². The summed E-state index contributed by atoms with van der Waals surface area (Å²) in [5.74, 6) is 0.662. The van der Waals surface area contributed by atoms with Gasteiger partial charge in [-0.25, -0.2) is 0 Å². The fourth-order valence-electron chi connectivity index (χ4n) is 2.21. The molecule has 0 fully saturated rings. The minimum atomic E-state index is 0.196. The van der Waals surface area contributed by atoms with E-state index in [4.69, 9.17) is 11.6 Å². The van der Waals surface area contributed by atoms with Gasteiger partial charge < -0.3 is 10.3 Å². The van der Waals surface area contributed by atoms with Crippen molar-refractivity contribution in [3.05, 3.63) is 41.9 Å². The second-order valence-electron chi connectivity index (χ2n) is 4.34. The number of nitrogens with zero attached hydrogens (tertiary/aromatic N) is 3. The lowest BCUT2D eigenvalue weighted by atomic mass is 10.2. The van der Waals surface area contributed by atoms with Gasteiger partial charge in [-0.15, -0.1) is 0 Å². The van der Waals surface area contributed by atoms with Crippen LogP contribution in [0.3, 0.4) is 0 Å². The van der Waals surface area contributed by atoms with Gasteiger partial charge in [-0.1, -0.05) is 6.07 Å². The van der Waals surface area contributed by atoms with Gasteiger partial charge in [0.2, 0.25) is 5.28 Å². The van der Waals surface area contributed by atoms with E-state index in [0.29, 0.717) is 11.5 Å². The third-order valence-electron chi connectivity index (χ3n) is 3.13. The number of halogens is 1. The van der Waals surface area contributed by atoms with Crippen molar-refractivity contribution in [3.63, 3.8) is 0 Å². The minimum Gasteiger partial charge on any atom is -0.346 e. The van der Waals surface area contributed by atoms with Crippen LogP contribution in [0.4, 0.5) is 11.5 Å². The third-order valence-corrected chi connectivity index (χ3v) is 3.30. The number of H-pyrrole nitrogens is 2. The van der Waals surface area contributed by atoms with Gasteiger partial charge in [-0.3, -0.25) is 5.10 Å². The maximum atomic E-state index is 5.94. The van der Waals surface area contributed by atoms with Crippen LogP contribution in [0.25, 0.3) is 21.9 Å². The molecule has 20 heavy (non-hydrogen) atoms. The Morgan fingerprint density at radius 1 is 1.10 bits per heavy atom. The number of aromatic amines is 2. The maximum absolute atomic E-state index is 5.94. The molecule has 0 saturated carbocycles. The SMILES string of the molecule is Clc1nc(Nc2cccc3[nH]ncc23)c2cc[nH]c2n1. The summed E-state index contributed by atoms with van der Waals surface area (Å²) in [6.07, 6.45) is 3.58. The summed E-state index contributed by atoms with van der Waals surface area (Å²) in [5.41, 5.74) is 2.57. The van der Waals surface area contributed by atoms with E-state index < -0.39 is 0 Å². The smallest absolute Gasteiger partial charge is 0.226 e. The molecule has 0 spiro atoms. The lowest BCUT2D eigenvalue weighted by Gasteiger charge is -2.08. The van der Waals surface area contributed by atoms with E-state index in [0.717, 1.165) is 22.0 Å². The Hall–Kier alpha value is -2.60. The monoisotopic (exact) mass is 284 g/mol. The standard InChI is InChI=1S/C13H9ClN6/c14-13-18-11-7(4-5-15-11)12(19-13)17-9-2-1-3-10-8(9)6-16-20-10/h1-6H,(H,16,20)(H2,15,17,18,19). The molecule has 0 aliphatic rings. The fourth-order valence-corrected chi connectivity index (χ4v) is 2.38. The number of nitrogens with one attached hydrogen (secondary N) is 3. The number of hydrogen-bond acceptors (Lipinski definition) is 4. The molecule has 7 heteroatoms. The summed E-state index contributed by atoms with van der Waals surface area (Å²) < 4.78 is 0. The Labute approximate surface area is 118 Å². The van der Waals surface area contributed by atoms with Crippen LogP contribution in [0.1, 0.15) is 0 Å². The summed E-state index contributed by atoms with van der Waals surface area (Å²) >= 11 is 5.94. The lowest BCUT2D eigenvalue weighted by molar-refractivity contribution is 1.12. The van der Waals surface area contributed by atoms with Crippen molar-refractivity contribution in [2.45, 2.75) is 0 Å². The van der Waals surface area contributed by atoms with Gasteiger partial charge in [0, 0.05) is 11.6 Å². The molecule has 3 N–H and O–H groups in total. The van der Waals surface area contributed by atoms with Crippen molar-refractivity contribution in [1.29, 1.82) is 0 Å². The van der Waals surface area contributed by atoms with Crippen LogP contribution in [0.2, 0.25) is 5.28 Å². The molecule has 0 aliphatic carbocycles. The van der Waals surface area contributed by atoms with Crippen molar-refractivity contribution in [2.75, 3.05) is 5.32 Å². The molecule has 3 aromatic heterocycles. The van der Waals surface area contributed by atoms with Gasteiger partial charge in [-0.05, 0) is 29.8 Å². The average molecular weight is 285 g/mol. The Morgan fingerprint density at radius 2 is 2.05 bits per heavy atom. The highest BCUT2D eigenvalue weighted by molar-refractivity contribution is 6.28. The molecular formula is C13H9ClN6. The molecule has 98 valence electrons. The van der Waals surface area contributed by atoms with Gasteiger partial charge in [0.15, 0.2) is 0 Å². The molecule has 0 radical (unpaired) electrons. The van der Waals surface area contributed by atoms with Crippen LogP contribution in [-0.4, -0.2) is 25.1 Å². The molecule has 6 nitrogen and oxygen atoms in total. The summed E-state index contributed by atoms with van der Waals surface area (Å²) in [7, 11) is 0. The average Bonchev–Trinajstić information content (AvgIpc) is 3.06. The third kappa shape index (κ3) is 1.70. The molecular weight excluding hydrogens is 276 g/mol. The first kappa shape index (κ1) is 11.2. The highest BCUT2D eigenvalue weighted by Gasteiger charge is 2.09. The topological polar surface area (TPSA) is 82.3 Å². The van der Waals surface area contributed by atoms with Gasteiger partial charge >= 0.3 is 0 Å². The first-order chi connectivity index (χ1) is 9.81. The highest BCUT2D eigenvalue weighted by atomic mass is 35.5. The molecule has 1 aromatic carbocycles. The van der Waals surface area contributed by atoms with E-state index in [9.17, 15) is 0 Å². The summed E-state index contributed by atoms with van der Waals surface area (Å²) in [6, 6.07) is 7.78. The van der Waals surface area contributed by atoms with Crippen LogP contribution in [0, 0.1) is 0 Å². The predicted molar refractivity (Wildman–Crippen MR) is 78.3 cm³/mol. The largest absolute Gasteiger partial charge is 0.346 e. The van der Waals surface area contributed by atoms with Crippen LogP contribution >= 0.6 is 11.6 Å². The van der Waals surface area contributed by atoms with E-state index in [2.05, 4.69) is 30.5 Å². The highest BCUT2D eigenvalue weighted by Crippen LogP contribution is 2.28. The van der Waals surface area contributed by atoms with Gasteiger partial charge in [0.1, 0.15) is 11.5 Å². The summed E-state index contributed by atoms with van der Waals surface area (Å²) in [6.45, 7) is 0. The lowest BCUT2D eigenvalue weighted by Crippen LogP contribution is -1.96. The van der Waals surface area contributed by atoms with Crippen molar-refractivity contribution >= 4 is 45.0 Å². The van der Waals surface area contributed by atoms with Crippen LogP contribution < -0.4 is 5.32 Å². The molecule has 0 aliphatic heterocycles. The molecule has 0 atom stereocenters. The van der Waals surface area contributed by atoms with E-state index in [1.165, 1.54) is 0 Å². The molecule has 0 amide bonds. The number of hydrogen-bond donors (Lipinski definition) is 3. The Balaban J connectivity index is 1.88. The van der Waals surface area contributed by atoms with E-state index >= 15 is 0 Å². The zero-order valence-corrected chi connectivity index (χ0v) is 10.9. The molecule has 4 aromatic rings. The van der Waals surface area contributed by atoms with Crippen molar-refractivity contribution in [1.82, 2.24) is 25.1 Å². The maximum Gasteiger partial charge on any atom is 0.226 e. The van der Waals surface area contributed by atoms with Gasteiger partial charge in [0.25, 0.3) is 0 Å². The van der Waals surface area contributed by atoms with Crippen LogP contribution in [0.15, 0.2) is 36.7 Å². The van der Waals surface area contributed by atoms with Gasteiger partial charge in [-0.2, -0.15) is 15.1 Å². The van der Waals surface area contributed by atoms with Crippen LogP contribution in [-0.2, 0) is 0 Å². The van der Waals surface area contributed by atoms with Crippen molar-refractivity contribution in [2.24, 2.45) is 0 Å². The molecule has 0 saturated heterocycles. The van der Waals surface area contributed by atoms with Gasteiger partial charge in [0.05, 0.1) is 22.8 Å². The second-order valence-corrected chi connectivity index (χ2v) is 4.68. The Bertz CT molecular complexity index is 909. The van der Waals surface area contributed by atoms with E-state index in [1.54, 1.807) is 12.4 Å². The fraction of sp³-hybridized carbons (Fsp3) is 0. The summed E-state index contributed by atoms with van der Waals surface area (Å²) in [5, 5.41) is 12.3. The normalized spacial score (nSPS) is 11.2. The predicted octanol–water partition coefficient (Wildman–Crippen LogP) is 3.23. The Kier molecular flexibility index (Phi) is 2.37. The first-order valence-electron chi connectivity index (χ1n) is 6.01. The minimum absolute atomic E-state index is 0.196. The Morgan fingerprint density at radius 3 is 3.00 bits per heavy atom. The zero-order chi connectivity index (χ0) is 13.5. The van der Waals surface area contributed by atoms with Crippen molar-refractivity contribution < 1.29 is 0 Å². The molecule has 3 heterocycles. The van der Waals surface area contributed by atoms with E-state index in [1.807, 2.05) is 24.3 Å². The zero-order valence-electron chi connectivity index (χ0n) is 10.2. The quantitative estimate of drug-likeness (QED) is 0.494. The summed E-state index contributed by atoms with van der Waals surface area (Å²) in [4.78, 5) is 11.4. The molecule has 0 bridgehead atoms. The van der Waals surface area contributed by atoms with Crippen LogP contribution in [0.5, 0.6) is 0 Å². The number of fused-ring (bicyclic) bond motifs is 2. The second kappa shape index (κ2) is 4.21. The number of benzene rings is 1. The molecule has 4 rings (SSSR count). The first-order valence-corrected chi connectivity index (χ1v) is 6.39. The van der Waals surface area contributed by atoms with E-state index in [-0.39, 0.29) is 5.28 Å². The number of rotatable bonds is 2. The molecule has 0 unspecified atom stereocenters. The number of aromatic nitrogens is 5.